The molecule has 1 aromatic heterocycles. The van der Waals surface area contributed by atoms with Gasteiger partial charge in [0.15, 0.2) is 0 Å². The summed E-state index contributed by atoms with van der Waals surface area (Å²) in [4.78, 5) is 19.3. The fourth-order valence-corrected chi connectivity index (χ4v) is 3.43. The van der Waals surface area contributed by atoms with Gasteiger partial charge in [0.2, 0.25) is 5.91 Å². The number of ether oxygens (including phenoxy) is 1. The molecule has 0 radical (unpaired) electrons. The second-order valence-electron chi connectivity index (χ2n) is 6.34. The van der Waals surface area contributed by atoms with Gasteiger partial charge in [0.1, 0.15) is 5.82 Å². The maximum atomic E-state index is 12.8. The highest BCUT2D eigenvalue weighted by molar-refractivity contribution is 5.79. The van der Waals surface area contributed by atoms with Crippen LogP contribution in [0.4, 0.5) is 0 Å². The Hall–Kier alpha value is -1.88. The van der Waals surface area contributed by atoms with Crippen LogP contribution < -0.4 is 0 Å². The van der Waals surface area contributed by atoms with Crippen LogP contribution in [0.25, 0.3) is 11.0 Å². The van der Waals surface area contributed by atoms with Gasteiger partial charge < -0.3 is 14.2 Å². The number of hydrogen-bond acceptors (Lipinski definition) is 3. The molecule has 0 spiro atoms. The van der Waals surface area contributed by atoms with E-state index in [0.717, 1.165) is 42.7 Å². The number of aryl methyl sites for hydroxylation is 1. The minimum Gasteiger partial charge on any atom is -0.377 e. The Morgan fingerprint density at radius 3 is 2.96 bits per heavy atom. The molecule has 0 saturated carbocycles. The number of imidazole rings is 1. The third-order valence-corrected chi connectivity index (χ3v) is 4.79. The minimum atomic E-state index is -0.0200. The molecular formula is C18H25N3O2. The van der Waals surface area contributed by atoms with Crippen molar-refractivity contribution in [2.45, 2.75) is 38.8 Å². The summed E-state index contributed by atoms with van der Waals surface area (Å²) in [5, 5.41) is 0. The zero-order valence-corrected chi connectivity index (χ0v) is 14.2. The molecule has 0 unspecified atom stereocenters. The number of carbonyl (C=O) groups is 1. The first-order valence-corrected chi connectivity index (χ1v) is 8.38. The highest BCUT2D eigenvalue weighted by atomic mass is 16.5. The molecule has 2 atom stereocenters. The van der Waals surface area contributed by atoms with Crippen molar-refractivity contribution >= 4 is 16.9 Å². The van der Waals surface area contributed by atoms with Gasteiger partial charge in [-0.05, 0) is 31.4 Å². The van der Waals surface area contributed by atoms with Crippen molar-refractivity contribution < 1.29 is 9.53 Å². The maximum absolute atomic E-state index is 12.8. The van der Waals surface area contributed by atoms with E-state index < -0.39 is 0 Å². The van der Waals surface area contributed by atoms with Crippen molar-refractivity contribution in [1.29, 1.82) is 0 Å². The number of amides is 1. The van der Waals surface area contributed by atoms with Gasteiger partial charge in [-0.15, -0.1) is 0 Å². The Kier molecular flexibility index (Phi) is 4.66. The van der Waals surface area contributed by atoms with E-state index in [1.807, 2.05) is 32.3 Å². The number of rotatable bonds is 4. The van der Waals surface area contributed by atoms with Crippen molar-refractivity contribution in [3.05, 3.63) is 30.1 Å². The Morgan fingerprint density at radius 1 is 1.43 bits per heavy atom. The highest BCUT2D eigenvalue weighted by Crippen LogP contribution is 2.25. The summed E-state index contributed by atoms with van der Waals surface area (Å²) in [5.74, 6) is 1.06. The third-order valence-electron chi connectivity index (χ3n) is 4.79. The Bertz CT molecular complexity index is 695. The van der Waals surface area contributed by atoms with Crippen LogP contribution in [0.1, 0.15) is 32.0 Å². The first-order valence-electron chi connectivity index (χ1n) is 8.38. The predicted octanol–water partition coefficient (Wildman–Crippen LogP) is 2.74. The molecule has 0 bridgehead atoms. The molecule has 1 aliphatic heterocycles. The Labute approximate surface area is 137 Å². The van der Waals surface area contributed by atoms with Gasteiger partial charge in [-0.1, -0.05) is 19.1 Å². The largest absolute Gasteiger partial charge is 0.377 e. The van der Waals surface area contributed by atoms with E-state index in [1.165, 1.54) is 0 Å². The first-order chi connectivity index (χ1) is 11.1. The fourth-order valence-electron chi connectivity index (χ4n) is 3.43. The molecule has 1 aromatic carbocycles. The summed E-state index contributed by atoms with van der Waals surface area (Å²) in [5.41, 5.74) is 2.06. The van der Waals surface area contributed by atoms with Crippen molar-refractivity contribution in [2.24, 2.45) is 13.0 Å². The molecule has 5 nitrogen and oxygen atoms in total. The molecule has 1 saturated heterocycles. The lowest BCUT2D eigenvalue weighted by molar-refractivity contribution is -0.144. The quantitative estimate of drug-likeness (QED) is 0.871. The van der Waals surface area contributed by atoms with Gasteiger partial charge in [-0.2, -0.15) is 0 Å². The molecule has 2 aromatic rings. The molecule has 2 heterocycles. The molecule has 23 heavy (non-hydrogen) atoms. The lowest BCUT2D eigenvalue weighted by Gasteiger charge is -2.32. The summed E-state index contributed by atoms with van der Waals surface area (Å²) in [6.45, 7) is 3.38. The number of nitrogens with zero attached hydrogens (tertiary/aromatic N) is 3. The predicted molar refractivity (Wildman–Crippen MR) is 89.9 cm³/mol. The van der Waals surface area contributed by atoms with Crippen molar-refractivity contribution in [3.8, 4) is 0 Å². The minimum absolute atomic E-state index is 0.0200. The second-order valence-corrected chi connectivity index (χ2v) is 6.34. The third kappa shape index (κ3) is 3.11. The van der Waals surface area contributed by atoms with Crippen LogP contribution in [0.15, 0.2) is 24.3 Å². The molecule has 0 N–H and O–H groups in total. The smallest absolute Gasteiger partial charge is 0.228 e. The number of carbonyl (C=O) groups excluding carboxylic acids is 1. The highest BCUT2D eigenvalue weighted by Gasteiger charge is 2.32. The van der Waals surface area contributed by atoms with Crippen LogP contribution in [-0.4, -0.2) is 40.1 Å². The van der Waals surface area contributed by atoms with Crippen molar-refractivity contribution in [2.75, 3.05) is 13.7 Å². The van der Waals surface area contributed by atoms with Crippen LogP contribution in [0, 0.1) is 5.92 Å². The standard InChI is InChI=1S/C18H25N3O2/c1-4-16-13(8-7-11-23-16)18(22)20(2)12-17-19-14-9-5-6-10-15(14)21(17)3/h5-6,9-10,13,16H,4,7-8,11-12H2,1-3H3/t13-,16+/m0/s1. The summed E-state index contributed by atoms with van der Waals surface area (Å²) in [6, 6.07) is 8.05. The number of fused-ring (bicyclic) bond motifs is 1. The van der Waals surface area contributed by atoms with Crippen molar-refractivity contribution in [1.82, 2.24) is 14.5 Å². The topological polar surface area (TPSA) is 47.4 Å². The lowest BCUT2D eigenvalue weighted by Crippen LogP contribution is -2.42. The van der Waals surface area contributed by atoms with E-state index in [9.17, 15) is 4.79 Å². The van der Waals surface area contributed by atoms with Gasteiger partial charge in [-0.3, -0.25) is 4.79 Å². The van der Waals surface area contributed by atoms with Gasteiger partial charge >= 0.3 is 0 Å². The van der Waals surface area contributed by atoms with Gasteiger partial charge in [0, 0.05) is 20.7 Å². The van der Waals surface area contributed by atoms with E-state index in [0.29, 0.717) is 6.54 Å². The van der Waals surface area contributed by atoms with Crippen LogP contribution in [0.5, 0.6) is 0 Å². The van der Waals surface area contributed by atoms with E-state index >= 15 is 0 Å². The van der Waals surface area contributed by atoms with Gasteiger partial charge in [0.25, 0.3) is 0 Å². The first kappa shape index (κ1) is 16.0. The van der Waals surface area contributed by atoms with Crippen LogP contribution >= 0.6 is 0 Å². The van der Waals surface area contributed by atoms with E-state index in [2.05, 4.69) is 22.5 Å². The van der Waals surface area contributed by atoms with Crippen LogP contribution in [0.3, 0.4) is 0 Å². The Morgan fingerprint density at radius 2 is 2.22 bits per heavy atom. The number of benzene rings is 1. The Balaban J connectivity index is 1.75. The van der Waals surface area contributed by atoms with Gasteiger partial charge in [0.05, 0.1) is 29.6 Å². The SMILES string of the molecule is CC[C@H]1OCCC[C@@H]1C(=O)N(C)Cc1nc2ccccc2n1C. The average Bonchev–Trinajstić information content (AvgIpc) is 2.90. The molecule has 1 aliphatic rings. The molecule has 0 aliphatic carbocycles. The molecular weight excluding hydrogens is 290 g/mol. The summed E-state index contributed by atoms with van der Waals surface area (Å²) < 4.78 is 7.83. The van der Waals surface area contributed by atoms with E-state index in [-0.39, 0.29) is 17.9 Å². The summed E-state index contributed by atoms with van der Waals surface area (Å²) in [6.07, 6.45) is 2.83. The molecule has 5 heteroatoms. The van der Waals surface area contributed by atoms with Crippen LogP contribution in [-0.2, 0) is 23.1 Å². The number of para-hydroxylation sites is 2. The molecule has 124 valence electrons. The average molecular weight is 315 g/mol. The van der Waals surface area contributed by atoms with Crippen molar-refractivity contribution in [3.63, 3.8) is 0 Å². The lowest BCUT2D eigenvalue weighted by atomic mass is 9.91. The molecule has 1 amide bonds. The summed E-state index contributed by atoms with van der Waals surface area (Å²) in [7, 11) is 3.87. The zero-order chi connectivity index (χ0) is 16.4. The van der Waals surface area contributed by atoms with E-state index in [4.69, 9.17) is 4.74 Å². The molecule has 3 rings (SSSR count). The zero-order valence-electron chi connectivity index (χ0n) is 14.2. The summed E-state index contributed by atoms with van der Waals surface area (Å²) >= 11 is 0. The number of hydrogen-bond donors (Lipinski definition) is 0. The fraction of sp³-hybridized carbons (Fsp3) is 0.556. The van der Waals surface area contributed by atoms with Crippen LogP contribution in [0.2, 0.25) is 0 Å². The molecule has 1 fully saturated rings. The number of aromatic nitrogens is 2. The maximum Gasteiger partial charge on any atom is 0.228 e. The second kappa shape index (κ2) is 6.71. The van der Waals surface area contributed by atoms with Gasteiger partial charge in [-0.25, -0.2) is 4.98 Å². The normalized spacial score (nSPS) is 21.5. The van der Waals surface area contributed by atoms with E-state index in [1.54, 1.807) is 4.90 Å². The monoisotopic (exact) mass is 315 g/mol.